The van der Waals surface area contributed by atoms with Gasteiger partial charge in [0.25, 0.3) is 0 Å². The van der Waals surface area contributed by atoms with Crippen molar-refractivity contribution < 1.29 is 0 Å². The summed E-state index contributed by atoms with van der Waals surface area (Å²) in [7, 11) is 0. The van der Waals surface area contributed by atoms with E-state index in [1.54, 1.807) is 12.1 Å². The maximum absolute atomic E-state index is 6.21. The van der Waals surface area contributed by atoms with Crippen molar-refractivity contribution in [1.29, 1.82) is 0 Å². The van der Waals surface area contributed by atoms with Gasteiger partial charge < -0.3 is 5.73 Å². The smallest absolute Gasteiger partial charge is 0.0454 e. The van der Waals surface area contributed by atoms with E-state index in [2.05, 4.69) is 20.8 Å². The Bertz CT molecular complexity index is 347. The van der Waals surface area contributed by atoms with Crippen molar-refractivity contribution in [3.8, 4) is 0 Å². The molecular weight excluding hydrogens is 229 g/mol. The van der Waals surface area contributed by atoms with Crippen molar-refractivity contribution in [2.24, 2.45) is 11.1 Å². The largest absolute Gasteiger partial charge is 0.323 e. The van der Waals surface area contributed by atoms with E-state index in [-0.39, 0.29) is 11.5 Å². The van der Waals surface area contributed by atoms with E-state index in [4.69, 9.17) is 28.9 Å². The van der Waals surface area contributed by atoms with Crippen LogP contribution in [0.5, 0.6) is 0 Å². The number of nitrogens with two attached hydrogens (primary N) is 1. The highest BCUT2D eigenvalue weighted by Crippen LogP contribution is 2.38. The Morgan fingerprint density at radius 3 is 2.47 bits per heavy atom. The van der Waals surface area contributed by atoms with Gasteiger partial charge in [0.2, 0.25) is 0 Å². The van der Waals surface area contributed by atoms with E-state index in [0.29, 0.717) is 10.0 Å². The summed E-state index contributed by atoms with van der Waals surface area (Å²) in [6.45, 7) is 6.39. The first-order valence-electron chi connectivity index (χ1n) is 5.09. The van der Waals surface area contributed by atoms with Crippen molar-refractivity contribution in [2.75, 3.05) is 0 Å². The second kappa shape index (κ2) is 4.73. The van der Waals surface area contributed by atoms with Crippen molar-refractivity contribution in [2.45, 2.75) is 33.2 Å². The minimum Gasteiger partial charge on any atom is -0.323 e. The van der Waals surface area contributed by atoms with Crippen molar-refractivity contribution >= 4 is 23.2 Å². The zero-order valence-electron chi connectivity index (χ0n) is 9.35. The molecule has 15 heavy (non-hydrogen) atoms. The minimum atomic E-state index is -0.0892. The van der Waals surface area contributed by atoms with Gasteiger partial charge in [-0.1, -0.05) is 44.0 Å². The molecule has 1 nitrogen and oxygen atoms in total. The van der Waals surface area contributed by atoms with Crippen LogP contribution in [0.15, 0.2) is 18.2 Å². The summed E-state index contributed by atoms with van der Waals surface area (Å²) >= 11 is 12.1. The summed E-state index contributed by atoms with van der Waals surface area (Å²) in [5, 5.41) is 1.37. The van der Waals surface area contributed by atoms with Crippen LogP contribution < -0.4 is 5.73 Å². The third kappa shape index (κ3) is 2.87. The predicted octanol–water partition coefficient (Wildman–Crippen LogP) is 4.43. The second-order valence-electron chi connectivity index (χ2n) is 4.49. The minimum absolute atomic E-state index is 0.0221. The zero-order valence-corrected chi connectivity index (χ0v) is 10.9. The monoisotopic (exact) mass is 245 g/mol. The lowest BCUT2D eigenvalue weighted by Crippen LogP contribution is -2.28. The van der Waals surface area contributed by atoms with Crippen LogP contribution in [0.25, 0.3) is 0 Å². The van der Waals surface area contributed by atoms with Gasteiger partial charge in [-0.25, -0.2) is 0 Å². The van der Waals surface area contributed by atoms with Gasteiger partial charge in [-0.2, -0.15) is 0 Å². The van der Waals surface area contributed by atoms with Gasteiger partial charge in [0.15, 0.2) is 0 Å². The molecular formula is C12H17Cl2N. The molecule has 84 valence electrons. The van der Waals surface area contributed by atoms with E-state index in [9.17, 15) is 0 Å². The molecule has 0 aliphatic carbocycles. The lowest BCUT2D eigenvalue weighted by Gasteiger charge is -2.31. The summed E-state index contributed by atoms with van der Waals surface area (Å²) in [5.41, 5.74) is 7.16. The number of rotatable bonds is 3. The highest BCUT2D eigenvalue weighted by molar-refractivity contribution is 6.33. The van der Waals surface area contributed by atoms with Crippen LogP contribution in [0.3, 0.4) is 0 Å². The van der Waals surface area contributed by atoms with Gasteiger partial charge in [-0.3, -0.25) is 0 Å². The van der Waals surface area contributed by atoms with E-state index < -0.39 is 0 Å². The maximum atomic E-state index is 6.21. The molecule has 0 spiro atoms. The summed E-state index contributed by atoms with van der Waals surface area (Å²) in [4.78, 5) is 0. The van der Waals surface area contributed by atoms with Gasteiger partial charge in [-0.05, 0) is 35.6 Å². The molecule has 1 rings (SSSR count). The molecule has 0 saturated heterocycles. The summed E-state index contributed by atoms with van der Waals surface area (Å²) in [6.07, 6.45) is 0.997. The average molecular weight is 246 g/mol. The van der Waals surface area contributed by atoms with E-state index in [1.807, 2.05) is 6.07 Å². The Labute approximate surface area is 102 Å². The SMILES string of the molecule is CCC(C)(C)C(N)c1cc(Cl)ccc1Cl. The lowest BCUT2D eigenvalue weighted by atomic mass is 9.79. The first-order valence-corrected chi connectivity index (χ1v) is 5.84. The molecule has 0 radical (unpaired) electrons. The Kier molecular flexibility index (Phi) is 4.05. The molecule has 2 N–H and O–H groups in total. The molecule has 0 bridgehead atoms. The highest BCUT2D eigenvalue weighted by atomic mass is 35.5. The Hall–Kier alpha value is -0.240. The number of halogens is 2. The average Bonchev–Trinajstić information content (AvgIpc) is 2.20. The molecule has 0 amide bonds. The topological polar surface area (TPSA) is 26.0 Å². The molecule has 0 aromatic heterocycles. The van der Waals surface area contributed by atoms with Crippen LogP contribution in [0.2, 0.25) is 10.0 Å². The van der Waals surface area contributed by atoms with Crippen molar-refractivity contribution in [3.63, 3.8) is 0 Å². The third-order valence-electron chi connectivity index (χ3n) is 3.05. The van der Waals surface area contributed by atoms with E-state index >= 15 is 0 Å². The van der Waals surface area contributed by atoms with Gasteiger partial charge in [-0.15, -0.1) is 0 Å². The van der Waals surface area contributed by atoms with Crippen molar-refractivity contribution in [1.82, 2.24) is 0 Å². The molecule has 1 aromatic rings. The molecule has 0 fully saturated rings. The second-order valence-corrected chi connectivity index (χ2v) is 5.33. The fourth-order valence-electron chi connectivity index (χ4n) is 1.39. The number of hydrogen-bond acceptors (Lipinski definition) is 1. The Balaban J connectivity index is 3.10. The molecule has 1 aromatic carbocycles. The molecule has 3 heteroatoms. The van der Waals surface area contributed by atoms with Crippen LogP contribution in [0.4, 0.5) is 0 Å². The van der Waals surface area contributed by atoms with Gasteiger partial charge in [0, 0.05) is 16.1 Å². The standard InChI is InChI=1S/C12H17Cl2N/c1-4-12(2,3)11(15)9-7-8(13)5-6-10(9)14/h5-7,11H,4,15H2,1-3H3. The summed E-state index contributed by atoms with van der Waals surface area (Å²) in [6, 6.07) is 5.34. The van der Waals surface area contributed by atoms with Gasteiger partial charge in [0.05, 0.1) is 0 Å². The van der Waals surface area contributed by atoms with Crippen LogP contribution in [-0.4, -0.2) is 0 Å². The van der Waals surface area contributed by atoms with Gasteiger partial charge >= 0.3 is 0 Å². The number of hydrogen-bond donors (Lipinski definition) is 1. The van der Waals surface area contributed by atoms with Crippen LogP contribution in [0.1, 0.15) is 38.8 Å². The fraction of sp³-hybridized carbons (Fsp3) is 0.500. The summed E-state index contributed by atoms with van der Waals surface area (Å²) < 4.78 is 0. The predicted molar refractivity (Wildman–Crippen MR) is 67.5 cm³/mol. The molecule has 0 aliphatic heterocycles. The van der Waals surface area contributed by atoms with Crippen LogP contribution in [0, 0.1) is 5.41 Å². The normalized spacial score (nSPS) is 14.0. The van der Waals surface area contributed by atoms with Gasteiger partial charge in [0.1, 0.15) is 0 Å². The van der Waals surface area contributed by atoms with Crippen LogP contribution in [-0.2, 0) is 0 Å². The molecule has 0 saturated carbocycles. The zero-order chi connectivity index (χ0) is 11.6. The Morgan fingerprint density at radius 1 is 1.33 bits per heavy atom. The molecule has 1 atom stereocenters. The quantitative estimate of drug-likeness (QED) is 0.838. The highest BCUT2D eigenvalue weighted by Gasteiger charge is 2.27. The van der Waals surface area contributed by atoms with E-state index in [1.165, 1.54) is 0 Å². The van der Waals surface area contributed by atoms with E-state index in [0.717, 1.165) is 12.0 Å². The fourth-order valence-corrected chi connectivity index (χ4v) is 1.81. The van der Waals surface area contributed by atoms with Crippen LogP contribution >= 0.6 is 23.2 Å². The molecule has 0 heterocycles. The first kappa shape index (κ1) is 12.8. The molecule has 0 aliphatic rings. The lowest BCUT2D eigenvalue weighted by molar-refractivity contribution is 0.278. The Morgan fingerprint density at radius 2 is 1.93 bits per heavy atom. The maximum Gasteiger partial charge on any atom is 0.0454 e. The summed E-state index contributed by atoms with van der Waals surface area (Å²) in [5.74, 6) is 0. The number of benzene rings is 1. The molecule has 1 unspecified atom stereocenters. The van der Waals surface area contributed by atoms with Crippen molar-refractivity contribution in [3.05, 3.63) is 33.8 Å². The third-order valence-corrected chi connectivity index (χ3v) is 3.63. The first-order chi connectivity index (χ1) is 6.88.